The number of rotatable bonds is 1. The first-order chi connectivity index (χ1) is 3.93. The van der Waals surface area contributed by atoms with Crippen molar-refractivity contribution in [1.29, 1.82) is 0 Å². The van der Waals surface area contributed by atoms with Crippen LogP contribution in [0.4, 0.5) is 0 Å². The molecule has 0 heterocycles. The average molecular weight is 154 g/mol. The minimum Gasteiger partial charge on any atom is -0.328 e. The van der Waals surface area contributed by atoms with Gasteiger partial charge in [-0.2, -0.15) is 30.3 Å². The zero-order chi connectivity index (χ0) is 5.82. The smallest absolute Gasteiger partial charge is 0 e. The van der Waals surface area contributed by atoms with Crippen LogP contribution in [-0.4, -0.2) is 0 Å². The summed E-state index contributed by atoms with van der Waals surface area (Å²) in [6.45, 7) is 0.620. The van der Waals surface area contributed by atoms with Gasteiger partial charge in [0.15, 0.2) is 0 Å². The van der Waals surface area contributed by atoms with Crippen LogP contribution in [0, 0.1) is 6.07 Å². The SMILES string of the molecule is NCc1cc[c-]cc1.[Ti]. The molecule has 0 unspecified atom stereocenters. The first-order valence-corrected chi connectivity index (χ1v) is 2.58. The van der Waals surface area contributed by atoms with Crippen molar-refractivity contribution in [3.63, 3.8) is 0 Å². The molecule has 0 saturated heterocycles. The Kier molecular flexibility index (Phi) is 4.69. The first kappa shape index (κ1) is 8.89. The van der Waals surface area contributed by atoms with E-state index in [2.05, 4.69) is 6.07 Å². The van der Waals surface area contributed by atoms with E-state index in [0.29, 0.717) is 6.54 Å². The largest absolute Gasteiger partial charge is 0.328 e. The van der Waals surface area contributed by atoms with Crippen molar-refractivity contribution in [2.45, 2.75) is 6.54 Å². The van der Waals surface area contributed by atoms with Crippen LogP contribution in [0.15, 0.2) is 24.3 Å². The van der Waals surface area contributed by atoms with E-state index in [1.807, 2.05) is 24.3 Å². The average Bonchev–Trinajstić information content (AvgIpc) is 1.90. The van der Waals surface area contributed by atoms with E-state index in [-0.39, 0.29) is 21.7 Å². The summed E-state index contributed by atoms with van der Waals surface area (Å²) in [7, 11) is 0. The molecule has 2 N–H and O–H groups in total. The maximum Gasteiger partial charge on any atom is 0 e. The minimum atomic E-state index is 0. The van der Waals surface area contributed by atoms with E-state index < -0.39 is 0 Å². The maximum atomic E-state index is 5.34. The van der Waals surface area contributed by atoms with E-state index in [4.69, 9.17) is 5.73 Å². The van der Waals surface area contributed by atoms with Crippen molar-refractivity contribution in [1.82, 2.24) is 0 Å². The van der Waals surface area contributed by atoms with E-state index in [1.54, 1.807) is 0 Å². The summed E-state index contributed by atoms with van der Waals surface area (Å²) >= 11 is 0. The summed E-state index contributed by atoms with van der Waals surface area (Å²) in [5.74, 6) is 0. The second kappa shape index (κ2) is 4.74. The molecule has 1 aromatic rings. The predicted molar refractivity (Wildman–Crippen MR) is 33.2 cm³/mol. The van der Waals surface area contributed by atoms with Gasteiger partial charge < -0.3 is 5.73 Å². The molecule has 1 aromatic carbocycles. The van der Waals surface area contributed by atoms with E-state index in [9.17, 15) is 0 Å². The Morgan fingerprint density at radius 3 is 2.22 bits per heavy atom. The van der Waals surface area contributed by atoms with Crippen LogP contribution in [0.5, 0.6) is 0 Å². The maximum absolute atomic E-state index is 5.34. The van der Waals surface area contributed by atoms with Gasteiger partial charge >= 0.3 is 0 Å². The van der Waals surface area contributed by atoms with Gasteiger partial charge in [-0.25, -0.2) is 0 Å². The zero-order valence-corrected chi connectivity index (χ0v) is 6.66. The third kappa shape index (κ3) is 2.80. The molecule has 0 saturated carbocycles. The molecule has 0 bridgehead atoms. The van der Waals surface area contributed by atoms with Crippen molar-refractivity contribution in [3.05, 3.63) is 35.9 Å². The van der Waals surface area contributed by atoms with Crippen LogP contribution in [0.25, 0.3) is 0 Å². The molecule has 1 rings (SSSR count). The zero-order valence-electron chi connectivity index (χ0n) is 5.09. The van der Waals surface area contributed by atoms with Crippen LogP contribution in [-0.2, 0) is 28.3 Å². The minimum absolute atomic E-state index is 0. The summed E-state index contributed by atoms with van der Waals surface area (Å²) in [5.41, 5.74) is 6.49. The molecule has 0 aromatic heterocycles. The molecule has 0 aliphatic heterocycles. The number of hydrogen-bond donors (Lipinski definition) is 1. The van der Waals surface area contributed by atoms with Crippen molar-refractivity contribution in [3.8, 4) is 0 Å². The fourth-order valence-corrected chi connectivity index (χ4v) is 0.557. The number of benzene rings is 1. The van der Waals surface area contributed by atoms with E-state index in [1.165, 1.54) is 0 Å². The van der Waals surface area contributed by atoms with Crippen LogP contribution in [0.3, 0.4) is 0 Å². The van der Waals surface area contributed by atoms with Crippen molar-refractivity contribution >= 4 is 0 Å². The third-order valence-corrected chi connectivity index (χ3v) is 1.02. The molecule has 9 heavy (non-hydrogen) atoms. The second-order valence-electron chi connectivity index (χ2n) is 1.61. The van der Waals surface area contributed by atoms with Crippen molar-refractivity contribution in [2.24, 2.45) is 5.73 Å². The Morgan fingerprint density at radius 1 is 1.33 bits per heavy atom. The van der Waals surface area contributed by atoms with E-state index >= 15 is 0 Å². The Balaban J connectivity index is 0.000000640. The molecule has 46 valence electrons. The van der Waals surface area contributed by atoms with Gasteiger partial charge in [-0.15, -0.1) is 5.56 Å². The summed E-state index contributed by atoms with van der Waals surface area (Å²) < 4.78 is 0. The molecular formula is C7H8NTi-. The molecule has 0 aliphatic carbocycles. The molecule has 0 aliphatic rings. The Labute approximate surface area is 70.1 Å². The fraction of sp³-hybridized carbons (Fsp3) is 0.143. The van der Waals surface area contributed by atoms with Crippen LogP contribution >= 0.6 is 0 Å². The predicted octanol–water partition coefficient (Wildman–Crippen LogP) is 0.943. The Hall–Kier alpha value is -0.106. The second-order valence-corrected chi connectivity index (χ2v) is 1.61. The van der Waals surface area contributed by atoms with Gasteiger partial charge in [-0.05, 0) is 6.54 Å². The summed E-state index contributed by atoms with van der Waals surface area (Å²) in [6, 6.07) is 10.6. The monoisotopic (exact) mass is 154 g/mol. The Bertz CT molecular complexity index is 150. The van der Waals surface area contributed by atoms with Crippen LogP contribution < -0.4 is 5.73 Å². The summed E-state index contributed by atoms with van der Waals surface area (Å²) in [4.78, 5) is 0. The molecule has 1 nitrogen and oxygen atoms in total. The topological polar surface area (TPSA) is 26.0 Å². The van der Waals surface area contributed by atoms with Crippen LogP contribution in [0.2, 0.25) is 0 Å². The standard InChI is InChI=1S/C7H8N.Ti/c8-6-7-4-2-1-3-5-7;/h2-5H,6,8H2;/q-1;. The summed E-state index contributed by atoms with van der Waals surface area (Å²) in [6.07, 6.45) is 0. The molecule has 0 spiro atoms. The molecule has 0 fully saturated rings. The molecule has 0 amide bonds. The normalized spacial score (nSPS) is 8.11. The molecule has 2 heteroatoms. The van der Waals surface area contributed by atoms with Gasteiger partial charge in [-0.3, -0.25) is 0 Å². The number of nitrogens with two attached hydrogens (primary N) is 1. The van der Waals surface area contributed by atoms with Gasteiger partial charge in [0.1, 0.15) is 0 Å². The molecular weight excluding hydrogens is 146 g/mol. The number of hydrogen-bond acceptors (Lipinski definition) is 1. The van der Waals surface area contributed by atoms with E-state index in [0.717, 1.165) is 5.56 Å². The third-order valence-electron chi connectivity index (χ3n) is 1.02. The van der Waals surface area contributed by atoms with Crippen molar-refractivity contribution in [2.75, 3.05) is 0 Å². The first-order valence-electron chi connectivity index (χ1n) is 2.58. The van der Waals surface area contributed by atoms with Crippen LogP contribution in [0.1, 0.15) is 5.56 Å². The van der Waals surface area contributed by atoms with Gasteiger partial charge in [0, 0.05) is 21.7 Å². The van der Waals surface area contributed by atoms with Gasteiger partial charge in [-0.1, -0.05) is 0 Å². The summed E-state index contributed by atoms with van der Waals surface area (Å²) in [5, 5.41) is 0. The molecule has 0 radical (unpaired) electrons. The fourth-order valence-electron chi connectivity index (χ4n) is 0.557. The quantitative estimate of drug-likeness (QED) is 0.472. The van der Waals surface area contributed by atoms with Gasteiger partial charge in [0.2, 0.25) is 0 Å². The van der Waals surface area contributed by atoms with Gasteiger partial charge in [0.25, 0.3) is 0 Å². The van der Waals surface area contributed by atoms with Crippen molar-refractivity contribution < 1.29 is 21.7 Å². The Morgan fingerprint density at radius 2 is 1.89 bits per heavy atom. The molecule has 0 atom stereocenters. The van der Waals surface area contributed by atoms with Gasteiger partial charge in [0.05, 0.1) is 0 Å².